The zero-order valence-electron chi connectivity index (χ0n) is 17.3. The van der Waals surface area contributed by atoms with Crippen LogP contribution in [0.1, 0.15) is 30.6 Å². The van der Waals surface area contributed by atoms with E-state index in [1.54, 1.807) is 36.4 Å². The molecule has 0 bridgehead atoms. The quantitative estimate of drug-likeness (QED) is 0.548. The van der Waals surface area contributed by atoms with Gasteiger partial charge in [-0.05, 0) is 42.5 Å². The maximum Gasteiger partial charge on any atom is 0.340 e. The molecule has 1 saturated heterocycles. The van der Waals surface area contributed by atoms with Crippen LogP contribution in [0.3, 0.4) is 0 Å². The molecule has 0 aliphatic carbocycles. The van der Waals surface area contributed by atoms with Gasteiger partial charge in [0.2, 0.25) is 0 Å². The van der Waals surface area contributed by atoms with Crippen LogP contribution in [0, 0.1) is 0 Å². The largest absolute Gasteiger partial charge is 0.465 e. The number of amides is 2. The van der Waals surface area contributed by atoms with E-state index in [2.05, 4.69) is 15.5 Å². The standard InChI is InChI=1S/C22H21N3O6S/c1-29-22(28)15-13-14(25-8-11-30-12-9-25)4-5-16(15)23-21(27)18-6-7-19(32-18)24-20(26)17-3-2-10-31-17/h2-7,10,13H,8-9,11-12H2,1H3,(H,23,27)(H,24,26). The second kappa shape index (κ2) is 9.67. The Balaban J connectivity index is 1.49. The van der Waals surface area contributed by atoms with E-state index in [1.165, 1.54) is 13.4 Å². The Morgan fingerprint density at radius 2 is 1.84 bits per heavy atom. The third kappa shape index (κ3) is 4.82. The molecule has 1 aromatic carbocycles. The summed E-state index contributed by atoms with van der Waals surface area (Å²) in [7, 11) is 1.29. The Morgan fingerprint density at radius 3 is 2.56 bits per heavy atom. The van der Waals surface area contributed by atoms with Gasteiger partial charge in [0.25, 0.3) is 11.8 Å². The van der Waals surface area contributed by atoms with Crippen molar-refractivity contribution in [1.29, 1.82) is 0 Å². The van der Waals surface area contributed by atoms with E-state index in [0.29, 0.717) is 41.9 Å². The van der Waals surface area contributed by atoms with Gasteiger partial charge in [-0.25, -0.2) is 4.79 Å². The van der Waals surface area contributed by atoms with Crippen LogP contribution in [0.2, 0.25) is 0 Å². The number of benzene rings is 1. The summed E-state index contributed by atoms with van der Waals surface area (Å²) in [4.78, 5) is 39.7. The summed E-state index contributed by atoms with van der Waals surface area (Å²) >= 11 is 1.11. The number of thiophene rings is 1. The summed E-state index contributed by atoms with van der Waals surface area (Å²) < 4.78 is 15.3. The average molecular weight is 455 g/mol. The van der Waals surface area contributed by atoms with Crippen molar-refractivity contribution in [3.63, 3.8) is 0 Å². The number of anilines is 3. The lowest BCUT2D eigenvalue weighted by Gasteiger charge is -2.29. The molecule has 4 rings (SSSR count). The van der Waals surface area contributed by atoms with Crippen LogP contribution in [-0.2, 0) is 9.47 Å². The number of hydrogen-bond donors (Lipinski definition) is 2. The number of morpholine rings is 1. The van der Waals surface area contributed by atoms with Crippen LogP contribution >= 0.6 is 11.3 Å². The summed E-state index contributed by atoms with van der Waals surface area (Å²) in [5.41, 5.74) is 1.45. The minimum Gasteiger partial charge on any atom is -0.465 e. The summed E-state index contributed by atoms with van der Waals surface area (Å²) in [6.45, 7) is 2.66. The van der Waals surface area contributed by atoms with Crippen molar-refractivity contribution in [3.05, 3.63) is 64.9 Å². The third-order valence-electron chi connectivity index (χ3n) is 4.84. The minimum atomic E-state index is -0.548. The fourth-order valence-electron chi connectivity index (χ4n) is 3.23. The monoisotopic (exact) mass is 455 g/mol. The van der Waals surface area contributed by atoms with E-state index < -0.39 is 17.8 Å². The normalized spacial score (nSPS) is 13.5. The number of nitrogens with one attached hydrogen (secondary N) is 2. The molecule has 1 aliphatic heterocycles. The molecular formula is C22H21N3O6S. The molecular weight excluding hydrogens is 434 g/mol. The molecule has 1 aliphatic rings. The van der Waals surface area contributed by atoms with Gasteiger partial charge >= 0.3 is 5.97 Å². The van der Waals surface area contributed by atoms with Gasteiger partial charge in [0.15, 0.2) is 5.76 Å². The summed E-state index contributed by atoms with van der Waals surface area (Å²) in [6, 6.07) is 11.6. The van der Waals surface area contributed by atoms with Crippen LogP contribution in [0.15, 0.2) is 53.1 Å². The fraction of sp³-hybridized carbons (Fsp3) is 0.227. The van der Waals surface area contributed by atoms with Crippen molar-refractivity contribution < 1.29 is 28.3 Å². The smallest absolute Gasteiger partial charge is 0.340 e. The Kier molecular flexibility index (Phi) is 6.52. The van der Waals surface area contributed by atoms with Crippen molar-refractivity contribution in [3.8, 4) is 0 Å². The van der Waals surface area contributed by atoms with E-state index in [4.69, 9.17) is 13.9 Å². The first kappa shape index (κ1) is 21.6. The molecule has 32 heavy (non-hydrogen) atoms. The van der Waals surface area contributed by atoms with Gasteiger partial charge in [-0.1, -0.05) is 0 Å². The minimum absolute atomic E-state index is 0.174. The number of carbonyl (C=O) groups excluding carboxylic acids is 3. The highest BCUT2D eigenvalue weighted by molar-refractivity contribution is 7.18. The molecule has 0 atom stereocenters. The molecule has 2 N–H and O–H groups in total. The Bertz CT molecular complexity index is 1120. The Hall–Kier alpha value is -3.63. The second-order valence-corrected chi connectivity index (χ2v) is 7.95. The van der Waals surface area contributed by atoms with Crippen molar-refractivity contribution in [2.45, 2.75) is 0 Å². The molecule has 0 radical (unpaired) electrons. The predicted molar refractivity (Wildman–Crippen MR) is 120 cm³/mol. The third-order valence-corrected chi connectivity index (χ3v) is 5.84. The highest BCUT2D eigenvalue weighted by Gasteiger charge is 2.20. The number of carbonyl (C=O) groups is 3. The Morgan fingerprint density at radius 1 is 1.03 bits per heavy atom. The first-order valence-corrected chi connectivity index (χ1v) is 10.7. The summed E-state index contributed by atoms with van der Waals surface area (Å²) in [5.74, 6) is -1.19. The molecule has 3 heterocycles. The topological polar surface area (TPSA) is 110 Å². The van der Waals surface area contributed by atoms with E-state index in [9.17, 15) is 14.4 Å². The zero-order chi connectivity index (χ0) is 22.5. The van der Waals surface area contributed by atoms with Gasteiger partial charge < -0.3 is 29.4 Å². The highest BCUT2D eigenvalue weighted by Crippen LogP contribution is 2.27. The molecule has 166 valence electrons. The van der Waals surface area contributed by atoms with Gasteiger partial charge in [-0.3, -0.25) is 9.59 Å². The zero-order valence-corrected chi connectivity index (χ0v) is 18.1. The van der Waals surface area contributed by atoms with Crippen LogP contribution < -0.4 is 15.5 Å². The molecule has 9 nitrogen and oxygen atoms in total. The van der Waals surface area contributed by atoms with Crippen molar-refractivity contribution in [2.75, 3.05) is 48.9 Å². The second-order valence-electron chi connectivity index (χ2n) is 6.87. The predicted octanol–water partition coefficient (Wildman–Crippen LogP) is 3.47. The number of esters is 1. The number of hydrogen-bond acceptors (Lipinski definition) is 8. The summed E-state index contributed by atoms with van der Waals surface area (Å²) in [5, 5.41) is 5.94. The molecule has 0 saturated carbocycles. The first-order valence-electron chi connectivity index (χ1n) is 9.86. The summed E-state index contributed by atoms with van der Waals surface area (Å²) in [6.07, 6.45) is 1.41. The average Bonchev–Trinajstić information content (AvgIpc) is 3.52. The molecule has 2 aromatic heterocycles. The van der Waals surface area contributed by atoms with Crippen LogP contribution in [-0.4, -0.2) is 51.2 Å². The Labute approximate surface area is 187 Å². The number of ether oxygens (including phenoxy) is 2. The fourth-order valence-corrected chi connectivity index (χ4v) is 4.03. The number of nitrogens with zero attached hydrogens (tertiary/aromatic N) is 1. The number of furan rings is 1. The lowest BCUT2D eigenvalue weighted by molar-refractivity contribution is 0.0601. The SMILES string of the molecule is COC(=O)c1cc(N2CCOCC2)ccc1NC(=O)c1ccc(NC(=O)c2ccco2)s1. The van der Waals surface area contributed by atoms with Crippen LogP contribution in [0.25, 0.3) is 0 Å². The van der Waals surface area contributed by atoms with E-state index >= 15 is 0 Å². The highest BCUT2D eigenvalue weighted by atomic mass is 32.1. The molecule has 2 amide bonds. The van der Waals surface area contributed by atoms with E-state index in [0.717, 1.165) is 17.0 Å². The van der Waals surface area contributed by atoms with Crippen molar-refractivity contribution in [1.82, 2.24) is 0 Å². The maximum atomic E-state index is 12.8. The molecule has 0 unspecified atom stereocenters. The number of methoxy groups -OCH3 is 1. The molecule has 10 heteroatoms. The maximum absolute atomic E-state index is 12.8. The van der Waals surface area contributed by atoms with Crippen LogP contribution in [0.5, 0.6) is 0 Å². The molecule has 3 aromatic rings. The van der Waals surface area contributed by atoms with Crippen molar-refractivity contribution >= 4 is 45.5 Å². The van der Waals surface area contributed by atoms with Crippen molar-refractivity contribution in [2.24, 2.45) is 0 Å². The van der Waals surface area contributed by atoms with Crippen LogP contribution in [0.4, 0.5) is 16.4 Å². The van der Waals surface area contributed by atoms with Gasteiger partial charge in [0.05, 0.1) is 47.7 Å². The van der Waals surface area contributed by atoms with E-state index in [-0.39, 0.29) is 11.3 Å². The van der Waals surface area contributed by atoms with Gasteiger partial charge in [-0.15, -0.1) is 11.3 Å². The lowest BCUT2D eigenvalue weighted by Crippen LogP contribution is -2.36. The van der Waals surface area contributed by atoms with E-state index in [1.807, 2.05) is 6.07 Å². The first-order chi connectivity index (χ1) is 15.5. The lowest BCUT2D eigenvalue weighted by atomic mass is 10.1. The number of rotatable bonds is 6. The van der Waals surface area contributed by atoms with Gasteiger partial charge in [0, 0.05) is 18.8 Å². The van der Waals surface area contributed by atoms with Gasteiger partial charge in [-0.2, -0.15) is 0 Å². The van der Waals surface area contributed by atoms with Gasteiger partial charge in [0.1, 0.15) is 0 Å². The molecule has 1 fully saturated rings. The molecule has 0 spiro atoms.